The third-order valence-corrected chi connectivity index (χ3v) is 3.38. The predicted molar refractivity (Wildman–Crippen MR) is 83.3 cm³/mol. The van der Waals surface area contributed by atoms with Crippen LogP contribution in [-0.4, -0.2) is 29.1 Å². The number of rotatable bonds is 5. The molecule has 6 nitrogen and oxygen atoms in total. The average Bonchev–Trinajstić information content (AvgIpc) is 2.79. The summed E-state index contributed by atoms with van der Waals surface area (Å²) < 4.78 is 7.01. The number of imidazole rings is 1. The summed E-state index contributed by atoms with van der Waals surface area (Å²) >= 11 is 0. The first-order chi connectivity index (χ1) is 9.95. The van der Waals surface area contributed by atoms with Gasteiger partial charge in [0.25, 0.3) is 0 Å². The number of benzene rings is 1. The first kappa shape index (κ1) is 15.2. The van der Waals surface area contributed by atoms with E-state index in [1.807, 2.05) is 25.1 Å². The summed E-state index contributed by atoms with van der Waals surface area (Å²) in [7, 11) is 1.59. The van der Waals surface area contributed by atoms with Crippen molar-refractivity contribution in [2.45, 2.75) is 26.8 Å². The topological polar surface area (TPSA) is 82.2 Å². The van der Waals surface area contributed by atoms with E-state index < -0.39 is 6.04 Å². The van der Waals surface area contributed by atoms with Crippen LogP contribution in [0.3, 0.4) is 0 Å². The van der Waals surface area contributed by atoms with Crippen molar-refractivity contribution in [2.24, 2.45) is 5.92 Å². The lowest BCUT2D eigenvalue weighted by Gasteiger charge is -2.17. The summed E-state index contributed by atoms with van der Waals surface area (Å²) in [4.78, 5) is 16.6. The summed E-state index contributed by atoms with van der Waals surface area (Å²) in [5.41, 5.74) is 7.45. The smallest absolute Gasteiger partial charge is 0.242 e. The van der Waals surface area contributed by atoms with Gasteiger partial charge in [0.1, 0.15) is 17.3 Å². The molecule has 1 atom stereocenters. The predicted octanol–water partition coefficient (Wildman–Crippen LogP) is 1.96. The van der Waals surface area contributed by atoms with E-state index in [0.29, 0.717) is 29.7 Å². The molecular formula is C15H22N4O2. The molecule has 1 amide bonds. The van der Waals surface area contributed by atoms with Gasteiger partial charge in [-0.3, -0.25) is 9.36 Å². The molecule has 0 aliphatic rings. The van der Waals surface area contributed by atoms with Gasteiger partial charge in [-0.25, -0.2) is 4.98 Å². The molecule has 3 N–H and O–H groups in total. The van der Waals surface area contributed by atoms with E-state index in [4.69, 9.17) is 10.5 Å². The second-order valence-electron chi connectivity index (χ2n) is 5.48. The zero-order valence-electron chi connectivity index (χ0n) is 12.9. The number of hydrogen-bond donors (Lipinski definition) is 2. The van der Waals surface area contributed by atoms with Crippen LogP contribution in [0.2, 0.25) is 0 Å². The molecule has 0 spiro atoms. The van der Waals surface area contributed by atoms with E-state index in [0.717, 1.165) is 5.52 Å². The highest BCUT2D eigenvalue weighted by Gasteiger charge is 2.21. The number of para-hydroxylation sites is 1. The van der Waals surface area contributed by atoms with Crippen LogP contribution in [0.25, 0.3) is 11.0 Å². The van der Waals surface area contributed by atoms with Gasteiger partial charge in [0.2, 0.25) is 11.9 Å². The van der Waals surface area contributed by atoms with Gasteiger partial charge in [-0.2, -0.15) is 0 Å². The molecule has 2 rings (SSSR count). The number of ether oxygens (including phenoxy) is 1. The number of methoxy groups -OCH3 is 1. The maximum absolute atomic E-state index is 12.2. The highest BCUT2D eigenvalue weighted by atomic mass is 16.5. The van der Waals surface area contributed by atoms with Crippen molar-refractivity contribution in [3.63, 3.8) is 0 Å². The normalized spacial score (nSPS) is 12.6. The van der Waals surface area contributed by atoms with Crippen LogP contribution < -0.4 is 15.8 Å². The number of carbonyl (C=O) groups excluding carboxylic acids is 1. The van der Waals surface area contributed by atoms with E-state index >= 15 is 0 Å². The number of nitrogens with one attached hydrogen (secondary N) is 1. The summed E-state index contributed by atoms with van der Waals surface area (Å²) in [5.74, 6) is 1.28. The van der Waals surface area contributed by atoms with Crippen LogP contribution in [0.5, 0.6) is 5.75 Å². The highest BCUT2D eigenvalue weighted by Crippen LogP contribution is 2.29. The molecule has 1 aromatic heterocycles. The maximum Gasteiger partial charge on any atom is 0.242 e. The third kappa shape index (κ3) is 2.94. The zero-order chi connectivity index (χ0) is 15.6. The van der Waals surface area contributed by atoms with Crippen molar-refractivity contribution < 1.29 is 9.53 Å². The van der Waals surface area contributed by atoms with Crippen molar-refractivity contribution in [1.82, 2.24) is 14.9 Å². The largest absolute Gasteiger partial charge is 0.494 e. The summed E-state index contributed by atoms with van der Waals surface area (Å²) in [6.07, 6.45) is 0. The lowest BCUT2D eigenvalue weighted by molar-refractivity contribution is -0.123. The van der Waals surface area contributed by atoms with Crippen molar-refractivity contribution >= 4 is 22.9 Å². The fourth-order valence-electron chi connectivity index (χ4n) is 2.25. The molecule has 0 aliphatic heterocycles. The molecule has 1 unspecified atom stereocenters. The number of fused-ring (bicyclic) bond motifs is 1. The van der Waals surface area contributed by atoms with Crippen molar-refractivity contribution in [3.05, 3.63) is 18.2 Å². The Bertz CT molecular complexity index is 648. The van der Waals surface area contributed by atoms with Gasteiger partial charge >= 0.3 is 0 Å². The molecule has 1 aromatic carbocycles. The third-order valence-electron chi connectivity index (χ3n) is 3.38. The van der Waals surface area contributed by atoms with E-state index in [1.54, 1.807) is 11.7 Å². The van der Waals surface area contributed by atoms with Crippen molar-refractivity contribution in [3.8, 4) is 5.75 Å². The highest BCUT2D eigenvalue weighted by molar-refractivity contribution is 5.88. The fraction of sp³-hybridized carbons (Fsp3) is 0.467. The van der Waals surface area contributed by atoms with Gasteiger partial charge in [0, 0.05) is 6.54 Å². The number of aromatic nitrogens is 2. The molecule has 0 saturated heterocycles. The molecule has 21 heavy (non-hydrogen) atoms. The van der Waals surface area contributed by atoms with Crippen LogP contribution in [0.15, 0.2) is 18.2 Å². The first-order valence-corrected chi connectivity index (χ1v) is 7.03. The van der Waals surface area contributed by atoms with E-state index in [1.165, 1.54) is 0 Å². The van der Waals surface area contributed by atoms with Crippen LogP contribution in [0.1, 0.15) is 26.8 Å². The molecule has 0 aliphatic carbocycles. The lowest BCUT2D eigenvalue weighted by atomic mass is 10.2. The Labute approximate surface area is 124 Å². The number of nitrogen functional groups attached to an aromatic ring is 1. The number of anilines is 1. The maximum atomic E-state index is 12.2. The summed E-state index contributed by atoms with van der Waals surface area (Å²) in [6, 6.07) is 5.13. The second kappa shape index (κ2) is 6.03. The van der Waals surface area contributed by atoms with Crippen molar-refractivity contribution in [1.29, 1.82) is 0 Å². The Balaban J connectivity index is 2.37. The minimum absolute atomic E-state index is 0.0717. The first-order valence-electron chi connectivity index (χ1n) is 7.03. The Morgan fingerprint density at radius 1 is 1.43 bits per heavy atom. The number of amides is 1. The fourth-order valence-corrected chi connectivity index (χ4v) is 2.25. The quantitative estimate of drug-likeness (QED) is 0.882. The minimum Gasteiger partial charge on any atom is -0.494 e. The minimum atomic E-state index is -0.430. The van der Waals surface area contributed by atoms with Gasteiger partial charge in [0.05, 0.1) is 12.6 Å². The van der Waals surface area contributed by atoms with Gasteiger partial charge in [-0.15, -0.1) is 0 Å². The molecule has 114 valence electrons. The van der Waals surface area contributed by atoms with Crippen LogP contribution in [-0.2, 0) is 4.79 Å². The number of carbonyl (C=O) groups is 1. The molecule has 0 radical (unpaired) electrons. The Kier molecular flexibility index (Phi) is 4.35. The Morgan fingerprint density at radius 3 is 2.76 bits per heavy atom. The molecule has 0 fully saturated rings. The van der Waals surface area contributed by atoms with Gasteiger partial charge < -0.3 is 15.8 Å². The lowest BCUT2D eigenvalue weighted by Crippen LogP contribution is -2.33. The monoisotopic (exact) mass is 290 g/mol. The molecule has 0 bridgehead atoms. The van der Waals surface area contributed by atoms with Crippen LogP contribution >= 0.6 is 0 Å². The van der Waals surface area contributed by atoms with E-state index in [2.05, 4.69) is 24.1 Å². The standard InChI is InChI=1S/C15H22N4O2/c1-9(2)8-17-14(20)10(3)19-11-6-5-7-12(21-4)13(11)18-15(19)16/h5-7,9-10H,8H2,1-4H3,(H2,16,18)(H,17,20). The van der Waals surface area contributed by atoms with E-state index in [-0.39, 0.29) is 5.91 Å². The van der Waals surface area contributed by atoms with Gasteiger partial charge in [-0.05, 0) is 25.0 Å². The van der Waals surface area contributed by atoms with Gasteiger partial charge in [0.15, 0.2) is 0 Å². The molecule has 6 heteroatoms. The van der Waals surface area contributed by atoms with Gasteiger partial charge in [-0.1, -0.05) is 19.9 Å². The zero-order valence-corrected chi connectivity index (χ0v) is 12.9. The molecule has 1 heterocycles. The number of nitrogens with two attached hydrogens (primary N) is 1. The number of nitrogens with zero attached hydrogens (tertiary/aromatic N) is 2. The summed E-state index contributed by atoms with van der Waals surface area (Å²) in [6.45, 7) is 6.55. The molecule has 0 saturated carbocycles. The molecular weight excluding hydrogens is 268 g/mol. The number of hydrogen-bond acceptors (Lipinski definition) is 4. The van der Waals surface area contributed by atoms with Crippen LogP contribution in [0, 0.1) is 5.92 Å². The van der Waals surface area contributed by atoms with E-state index in [9.17, 15) is 4.79 Å². The second-order valence-corrected chi connectivity index (χ2v) is 5.48. The van der Waals surface area contributed by atoms with Crippen molar-refractivity contribution in [2.75, 3.05) is 19.4 Å². The Morgan fingerprint density at radius 2 is 2.14 bits per heavy atom. The van der Waals surface area contributed by atoms with Crippen LogP contribution in [0.4, 0.5) is 5.95 Å². The summed E-state index contributed by atoms with van der Waals surface area (Å²) in [5, 5.41) is 2.92. The average molecular weight is 290 g/mol. The SMILES string of the molecule is COc1cccc2c1nc(N)n2C(C)C(=O)NCC(C)C. The Hall–Kier alpha value is -2.24. The molecule has 2 aromatic rings.